The van der Waals surface area contributed by atoms with Gasteiger partial charge in [0.15, 0.2) is 0 Å². The van der Waals surface area contributed by atoms with Crippen molar-refractivity contribution in [2.75, 3.05) is 7.11 Å². The van der Waals surface area contributed by atoms with E-state index in [1.807, 2.05) is 27.7 Å². The maximum Gasteiger partial charge on any atom is 0.234 e. The Kier molecular flexibility index (Phi) is 3.23. The summed E-state index contributed by atoms with van der Waals surface area (Å²) in [5.41, 5.74) is 5.37. The SMILES string of the molecule is COC(c1noc(C(C)(C)C(C)(C)N)n1)C1CC1. The number of methoxy groups -OCH3 is 1. The molecule has 0 bridgehead atoms. The highest BCUT2D eigenvalue weighted by Gasteiger charge is 2.42. The maximum atomic E-state index is 6.18. The molecule has 5 heteroatoms. The van der Waals surface area contributed by atoms with Crippen molar-refractivity contribution >= 4 is 0 Å². The van der Waals surface area contributed by atoms with Gasteiger partial charge in [0.1, 0.15) is 6.10 Å². The molecule has 1 heterocycles. The molecule has 1 aromatic rings. The van der Waals surface area contributed by atoms with Gasteiger partial charge in [0.25, 0.3) is 0 Å². The molecule has 1 fully saturated rings. The van der Waals surface area contributed by atoms with Gasteiger partial charge < -0.3 is 15.0 Å². The molecule has 102 valence electrons. The van der Waals surface area contributed by atoms with Crippen LogP contribution in [-0.4, -0.2) is 22.8 Å². The molecule has 1 aliphatic rings. The summed E-state index contributed by atoms with van der Waals surface area (Å²) in [6.07, 6.45) is 2.31. The van der Waals surface area contributed by atoms with Crippen LogP contribution in [0.25, 0.3) is 0 Å². The Balaban J connectivity index is 2.24. The third-order valence-corrected chi connectivity index (χ3v) is 4.15. The minimum atomic E-state index is -0.432. The highest BCUT2D eigenvalue weighted by molar-refractivity contribution is 5.12. The van der Waals surface area contributed by atoms with Gasteiger partial charge in [-0.3, -0.25) is 0 Å². The summed E-state index contributed by atoms with van der Waals surface area (Å²) in [6.45, 7) is 7.96. The molecular weight excluding hydrogens is 230 g/mol. The van der Waals surface area contributed by atoms with Gasteiger partial charge in [0.05, 0.1) is 5.41 Å². The van der Waals surface area contributed by atoms with Crippen molar-refractivity contribution in [2.24, 2.45) is 11.7 Å². The molecule has 2 rings (SSSR count). The average molecular weight is 253 g/mol. The fourth-order valence-corrected chi connectivity index (χ4v) is 1.79. The van der Waals surface area contributed by atoms with Crippen LogP contribution >= 0.6 is 0 Å². The van der Waals surface area contributed by atoms with Gasteiger partial charge in [-0.1, -0.05) is 5.16 Å². The highest BCUT2D eigenvalue weighted by Crippen LogP contribution is 2.42. The number of nitrogens with zero attached hydrogens (tertiary/aromatic N) is 2. The predicted octanol–water partition coefficient (Wildman–Crippen LogP) is 2.18. The third-order valence-electron chi connectivity index (χ3n) is 4.15. The van der Waals surface area contributed by atoms with Gasteiger partial charge >= 0.3 is 0 Å². The summed E-state index contributed by atoms with van der Waals surface area (Å²) in [6, 6.07) is 0. The summed E-state index contributed by atoms with van der Waals surface area (Å²) in [7, 11) is 1.69. The molecule has 1 aliphatic carbocycles. The summed E-state index contributed by atoms with van der Waals surface area (Å²) in [5, 5.41) is 4.06. The van der Waals surface area contributed by atoms with Crippen LogP contribution in [0.15, 0.2) is 4.52 Å². The first kappa shape index (κ1) is 13.5. The second-order valence-electron chi connectivity index (χ2n) is 6.30. The van der Waals surface area contributed by atoms with Crippen molar-refractivity contribution in [3.63, 3.8) is 0 Å². The van der Waals surface area contributed by atoms with E-state index in [9.17, 15) is 0 Å². The zero-order valence-corrected chi connectivity index (χ0v) is 11.9. The molecule has 0 aromatic carbocycles. The van der Waals surface area contributed by atoms with Crippen molar-refractivity contribution in [2.45, 2.75) is 57.6 Å². The number of aromatic nitrogens is 2. The van der Waals surface area contributed by atoms with E-state index < -0.39 is 5.54 Å². The van der Waals surface area contributed by atoms with E-state index in [-0.39, 0.29) is 11.5 Å². The van der Waals surface area contributed by atoms with Crippen LogP contribution < -0.4 is 5.73 Å². The number of nitrogens with two attached hydrogens (primary N) is 1. The summed E-state index contributed by atoms with van der Waals surface area (Å²) < 4.78 is 10.9. The Hall–Kier alpha value is -0.940. The van der Waals surface area contributed by atoms with Crippen LogP contribution in [0.2, 0.25) is 0 Å². The molecule has 1 aromatic heterocycles. The number of hydrogen-bond donors (Lipinski definition) is 1. The molecule has 1 unspecified atom stereocenters. The van der Waals surface area contributed by atoms with E-state index >= 15 is 0 Å². The van der Waals surface area contributed by atoms with E-state index in [2.05, 4.69) is 10.1 Å². The Labute approximate surface area is 108 Å². The van der Waals surface area contributed by atoms with Gasteiger partial charge in [0, 0.05) is 12.6 Å². The molecule has 0 radical (unpaired) electrons. The smallest absolute Gasteiger partial charge is 0.234 e. The maximum absolute atomic E-state index is 6.18. The molecule has 0 amide bonds. The van der Waals surface area contributed by atoms with Crippen LogP contribution in [0, 0.1) is 5.92 Å². The first-order valence-corrected chi connectivity index (χ1v) is 6.43. The van der Waals surface area contributed by atoms with Crippen molar-refractivity contribution in [3.8, 4) is 0 Å². The zero-order valence-electron chi connectivity index (χ0n) is 11.9. The second-order valence-corrected chi connectivity index (χ2v) is 6.30. The predicted molar refractivity (Wildman–Crippen MR) is 68.1 cm³/mol. The van der Waals surface area contributed by atoms with Crippen molar-refractivity contribution in [1.29, 1.82) is 0 Å². The summed E-state index contributed by atoms with van der Waals surface area (Å²) in [4.78, 5) is 4.50. The van der Waals surface area contributed by atoms with Crippen LogP contribution in [0.1, 0.15) is 58.4 Å². The second kappa shape index (κ2) is 4.31. The average Bonchev–Trinajstić information content (AvgIpc) is 2.94. The fourth-order valence-electron chi connectivity index (χ4n) is 1.79. The molecule has 18 heavy (non-hydrogen) atoms. The first-order valence-electron chi connectivity index (χ1n) is 6.43. The van der Waals surface area contributed by atoms with Gasteiger partial charge in [-0.05, 0) is 46.5 Å². The van der Waals surface area contributed by atoms with E-state index in [1.54, 1.807) is 7.11 Å². The van der Waals surface area contributed by atoms with Gasteiger partial charge in [-0.25, -0.2) is 0 Å². The lowest BCUT2D eigenvalue weighted by molar-refractivity contribution is 0.0751. The Morgan fingerprint density at radius 3 is 2.39 bits per heavy atom. The van der Waals surface area contributed by atoms with Crippen molar-refractivity contribution in [3.05, 3.63) is 11.7 Å². The third kappa shape index (κ3) is 2.29. The quantitative estimate of drug-likeness (QED) is 0.870. The summed E-state index contributed by atoms with van der Waals surface area (Å²) >= 11 is 0. The normalized spacial score (nSPS) is 19.0. The van der Waals surface area contributed by atoms with Crippen molar-refractivity contribution < 1.29 is 9.26 Å². The Morgan fingerprint density at radius 2 is 1.94 bits per heavy atom. The van der Waals surface area contributed by atoms with Crippen LogP contribution in [0.5, 0.6) is 0 Å². The highest BCUT2D eigenvalue weighted by atomic mass is 16.5. The largest absolute Gasteiger partial charge is 0.373 e. The Morgan fingerprint density at radius 1 is 1.33 bits per heavy atom. The van der Waals surface area contributed by atoms with E-state index in [4.69, 9.17) is 15.0 Å². The van der Waals surface area contributed by atoms with E-state index in [1.165, 1.54) is 12.8 Å². The molecule has 0 spiro atoms. The minimum Gasteiger partial charge on any atom is -0.373 e. The lowest BCUT2D eigenvalue weighted by Crippen LogP contribution is -2.50. The van der Waals surface area contributed by atoms with Crippen LogP contribution in [0.4, 0.5) is 0 Å². The van der Waals surface area contributed by atoms with Crippen molar-refractivity contribution in [1.82, 2.24) is 10.1 Å². The van der Waals surface area contributed by atoms with Gasteiger partial charge in [-0.2, -0.15) is 4.98 Å². The van der Waals surface area contributed by atoms with E-state index in [0.29, 0.717) is 17.6 Å². The zero-order chi connectivity index (χ0) is 13.6. The molecule has 1 saturated carbocycles. The van der Waals surface area contributed by atoms with E-state index in [0.717, 1.165) is 0 Å². The van der Waals surface area contributed by atoms with Gasteiger partial charge in [0.2, 0.25) is 11.7 Å². The molecular formula is C13H23N3O2. The fraction of sp³-hybridized carbons (Fsp3) is 0.846. The minimum absolute atomic E-state index is 0.0424. The monoisotopic (exact) mass is 253 g/mol. The summed E-state index contributed by atoms with van der Waals surface area (Å²) in [5.74, 6) is 1.76. The van der Waals surface area contributed by atoms with Crippen LogP contribution in [-0.2, 0) is 10.2 Å². The lowest BCUT2D eigenvalue weighted by Gasteiger charge is -2.34. The van der Waals surface area contributed by atoms with Crippen LogP contribution in [0.3, 0.4) is 0 Å². The topological polar surface area (TPSA) is 74.2 Å². The molecule has 1 atom stereocenters. The molecule has 5 nitrogen and oxygen atoms in total. The molecule has 0 saturated heterocycles. The first-order chi connectivity index (χ1) is 8.27. The standard InChI is InChI=1S/C13H23N3O2/c1-12(2,13(3,4)14)11-15-10(16-18-11)9(17-5)8-6-7-8/h8-9H,6-7,14H2,1-5H3. The van der Waals surface area contributed by atoms with Gasteiger partial charge in [-0.15, -0.1) is 0 Å². The molecule has 0 aliphatic heterocycles. The molecule has 2 N–H and O–H groups in total. The number of hydrogen-bond acceptors (Lipinski definition) is 5. The number of ether oxygens (including phenoxy) is 1. The Bertz CT molecular complexity index is 416. The number of rotatable bonds is 5. The lowest BCUT2D eigenvalue weighted by atomic mass is 9.75.